The third-order valence-electron chi connectivity index (χ3n) is 4.43. The van der Waals surface area contributed by atoms with Gasteiger partial charge in [-0.25, -0.2) is 0 Å². The number of rotatable bonds is 8. The summed E-state index contributed by atoms with van der Waals surface area (Å²) in [5.41, 5.74) is 2.83. The van der Waals surface area contributed by atoms with Crippen LogP contribution in [0.5, 0.6) is 5.75 Å². The van der Waals surface area contributed by atoms with Gasteiger partial charge in [-0.1, -0.05) is 27.2 Å². The smallest absolute Gasteiger partial charge is 0.251 e. The van der Waals surface area contributed by atoms with Gasteiger partial charge in [0.1, 0.15) is 18.1 Å². The molecule has 0 bridgehead atoms. The molecule has 2 amide bonds. The van der Waals surface area contributed by atoms with E-state index in [0.717, 1.165) is 15.7 Å². The molecule has 0 radical (unpaired) electrons. The Labute approximate surface area is 182 Å². The van der Waals surface area contributed by atoms with Crippen molar-refractivity contribution in [2.75, 3.05) is 11.9 Å². The van der Waals surface area contributed by atoms with Gasteiger partial charge in [-0.15, -0.1) is 0 Å². The van der Waals surface area contributed by atoms with E-state index in [1.165, 1.54) is 0 Å². The summed E-state index contributed by atoms with van der Waals surface area (Å²) >= 11 is 3.35. The number of carbonyl (C=O) groups excluding carboxylic acids is 2. The molecule has 3 aromatic rings. The zero-order chi connectivity index (χ0) is 21.5. The fourth-order valence-corrected chi connectivity index (χ4v) is 3.00. The number of amides is 2. The normalized spacial score (nSPS) is 10.5. The minimum atomic E-state index is -0.269. The SMILES string of the molecule is Cc1noc(C)c1COc1cccc(C(=O)NCCC(=O)Nc2ccc(Br)cc2)c1. The molecular formula is C22H22BrN3O4. The number of aromatic nitrogens is 1. The number of nitrogens with zero attached hydrogens (tertiary/aromatic N) is 1. The molecule has 0 fully saturated rings. The monoisotopic (exact) mass is 471 g/mol. The molecule has 0 saturated heterocycles. The summed E-state index contributed by atoms with van der Waals surface area (Å²) in [5, 5.41) is 9.44. The number of carbonyl (C=O) groups is 2. The van der Waals surface area contributed by atoms with Gasteiger partial charge in [-0.05, 0) is 56.3 Å². The van der Waals surface area contributed by atoms with Crippen molar-refractivity contribution in [3.8, 4) is 5.75 Å². The molecule has 2 N–H and O–H groups in total. The predicted octanol–water partition coefficient (Wildman–Crippen LogP) is 4.39. The van der Waals surface area contributed by atoms with Crippen LogP contribution in [0.25, 0.3) is 0 Å². The van der Waals surface area contributed by atoms with Crippen LogP contribution in [-0.4, -0.2) is 23.5 Å². The first-order chi connectivity index (χ1) is 14.4. The average molecular weight is 472 g/mol. The van der Waals surface area contributed by atoms with Gasteiger partial charge in [-0.2, -0.15) is 0 Å². The van der Waals surface area contributed by atoms with Gasteiger partial charge in [0.2, 0.25) is 5.91 Å². The Bertz CT molecular complexity index is 1010. The topological polar surface area (TPSA) is 93.5 Å². The Balaban J connectivity index is 1.47. The first-order valence-corrected chi connectivity index (χ1v) is 10.2. The molecule has 0 unspecified atom stereocenters. The Kier molecular flexibility index (Phi) is 7.24. The summed E-state index contributed by atoms with van der Waals surface area (Å²) in [6, 6.07) is 14.2. The van der Waals surface area contributed by atoms with E-state index in [0.29, 0.717) is 29.4 Å². The molecule has 0 aliphatic carbocycles. The molecule has 2 aromatic carbocycles. The van der Waals surface area contributed by atoms with Crippen molar-refractivity contribution < 1.29 is 18.8 Å². The largest absolute Gasteiger partial charge is 0.489 e. The number of benzene rings is 2. The van der Waals surface area contributed by atoms with E-state index in [2.05, 4.69) is 31.7 Å². The van der Waals surface area contributed by atoms with Gasteiger partial charge in [0.15, 0.2) is 0 Å². The summed E-state index contributed by atoms with van der Waals surface area (Å²) in [6.07, 6.45) is 0.171. The molecule has 7 nitrogen and oxygen atoms in total. The van der Waals surface area contributed by atoms with Crippen LogP contribution in [0.1, 0.15) is 33.8 Å². The highest BCUT2D eigenvalue weighted by atomic mass is 79.9. The number of hydrogen-bond donors (Lipinski definition) is 2. The molecule has 3 rings (SSSR count). The molecule has 1 heterocycles. The number of hydrogen-bond acceptors (Lipinski definition) is 5. The third-order valence-corrected chi connectivity index (χ3v) is 4.95. The fourth-order valence-electron chi connectivity index (χ4n) is 2.74. The first-order valence-electron chi connectivity index (χ1n) is 9.40. The molecule has 0 spiro atoms. The molecular weight excluding hydrogens is 450 g/mol. The summed E-state index contributed by atoms with van der Waals surface area (Å²) in [7, 11) is 0. The van der Waals surface area contributed by atoms with E-state index in [9.17, 15) is 9.59 Å². The van der Waals surface area contributed by atoms with Crippen molar-refractivity contribution in [3.05, 3.63) is 75.6 Å². The van der Waals surface area contributed by atoms with Crippen molar-refractivity contribution in [2.45, 2.75) is 26.9 Å². The number of aryl methyl sites for hydroxylation is 2. The second-order valence-electron chi connectivity index (χ2n) is 6.68. The summed E-state index contributed by atoms with van der Waals surface area (Å²) in [5.74, 6) is 0.835. The lowest BCUT2D eigenvalue weighted by atomic mass is 10.2. The predicted molar refractivity (Wildman–Crippen MR) is 116 cm³/mol. The first kappa shape index (κ1) is 21.6. The number of ether oxygens (including phenoxy) is 1. The lowest BCUT2D eigenvalue weighted by Gasteiger charge is -2.09. The van der Waals surface area contributed by atoms with Crippen LogP contribution in [0.3, 0.4) is 0 Å². The highest BCUT2D eigenvalue weighted by Crippen LogP contribution is 2.18. The third kappa shape index (κ3) is 5.93. The van der Waals surface area contributed by atoms with Gasteiger partial charge < -0.3 is 19.9 Å². The minimum Gasteiger partial charge on any atom is -0.489 e. The second-order valence-corrected chi connectivity index (χ2v) is 7.60. The molecule has 1 aromatic heterocycles. The molecule has 0 atom stereocenters. The van der Waals surface area contributed by atoms with Gasteiger partial charge >= 0.3 is 0 Å². The zero-order valence-corrected chi connectivity index (χ0v) is 18.3. The van der Waals surface area contributed by atoms with Crippen LogP contribution in [0.2, 0.25) is 0 Å². The molecule has 0 saturated carbocycles. The van der Waals surface area contributed by atoms with Crippen LogP contribution in [-0.2, 0) is 11.4 Å². The Morgan fingerprint density at radius 1 is 1.13 bits per heavy atom. The Morgan fingerprint density at radius 2 is 1.90 bits per heavy atom. The number of halogens is 1. The lowest BCUT2D eigenvalue weighted by Crippen LogP contribution is -2.27. The van der Waals surface area contributed by atoms with E-state index in [-0.39, 0.29) is 24.8 Å². The molecule has 8 heteroatoms. The van der Waals surface area contributed by atoms with Crippen LogP contribution >= 0.6 is 15.9 Å². The van der Waals surface area contributed by atoms with Crippen molar-refractivity contribution in [3.63, 3.8) is 0 Å². The maximum Gasteiger partial charge on any atom is 0.251 e. The van der Waals surface area contributed by atoms with Crippen LogP contribution in [0.15, 0.2) is 57.5 Å². The molecule has 156 valence electrons. The highest BCUT2D eigenvalue weighted by Gasteiger charge is 2.11. The highest BCUT2D eigenvalue weighted by molar-refractivity contribution is 9.10. The lowest BCUT2D eigenvalue weighted by molar-refractivity contribution is -0.116. The summed E-state index contributed by atoms with van der Waals surface area (Å²) in [6.45, 7) is 4.22. The van der Waals surface area contributed by atoms with Crippen LogP contribution < -0.4 is 15.4 Å². The van der Waals surface area contributed by atoms with Crippen LogP contribution in [0, 0.1) is 13.8 Å². The fraction of sp³-hybridized carbons (Fsp3) is 0.227. The van der Waals surface area contributed by atoms with Crippen LogP contribution in [0.4, 0.5) is 5.69 Å². The van der Waals surface area contributed by atoms with E-state index < -0.39 is 0 Å². The van der Waals surface area contributed by atoms with E-state index >= 15 is 0 Å². The number of anilines is 1. The second kappa shape index (κ2) is 10.1. The number of nitrogens with one attached hydrogen (secondary N) is 2. The van der Waals surface area contributed by atoms with Crippen molar-refractivity contribution in [1.29, 1.82) is 0 Å². The Morgan fingerprint density at radius 3 is 2.60 bits per heavy atom. The zero-order valence-electron chi connectivity index (χ0n) is 16.7. The van der Waals surface area contributed by atoms with Gasteiger partial charge in [-0.3, -0.25) is 9.59 Å². The van der Waals surface area contributed by atoms with Gasteiger partial charge in [0, 0.05) is 28.7 Å². The van der Waals surface area contributed by atoms with E-state index in [1.807, 2.05) is 26.0 Å². The van der Waals surface area contributed by atoms with Crippen molar-refractivity contribution in [1.82, 2.24) is 10.5 Å². The maximum atomic E-state index is 12.4. The maximum absolute atomic E-state index is 12.4. The van der Waals surface area contributed by atoms with E-state index in [4.69, 9.17) is 9.26 Å². The molecule has 0 aliphatic heterocycles. The van der Waals surface area contributed by atoms with Gasteiger partial charge in [0.05, 0.1) is 11.3 Å². The summed E-state index contributed by atoms with van der Waals surface area (Å²) < 4.78 is 11.8. The van der Waals surface area contributed by atoms with Crippen molar-refractivity contribution >= 4 is 33.4 Å². The standard InChI is InChI=1S/C22H22BrN3O4/c1-14-20(15(2)30-26-14)13-29-19-5-3-4-16(12-19)22(28)24-11-10-21(27)25-18-8-6-17(23)7-9-18/h3-9,12H,10-11,13H2,1-2H3,(H,24,28)(H,25,27). The Hall–Kier alpha value is -3.13. The molecule has 0 aliphatic rings. The van der Waals surface area contributed by atoms with Crippen molar-refractivity contribution in [2.24, 2.45) is 0 Å². The summed E-state index contributed by atoms with van der Waals surface area (Å²) in [4.78, 5) is 24.4. The minimum absolute atomic E-state index is 0.171. The van der Waals surface area contributed by atoms with E-state index in [1.54, 1.807) is 36.4 Å². The van der Waals surface area contributed by atoms with Gasteiger partial charge in [0.25, 0.3) is 5.91 Å². The average Bonchev–Trinajstić information content (AvgIpc) is 3.05. The molecule has 30 heavy (non-hydrogen) atoms. The quantitative estimate of drug-likeness (QED) is 0.507.